The van der Waals surface area contributed by atoms with Gasteiger partial charge in [0.25, 0.3) is 5.91 Å². The molecule has 2 rings (SSSR count). The summed E-state index contributed by atoms with van der Waals surface area (Å²) in [6.45, 7) is 11.0. The number of nitrogens with one attached hydrogen (secondary N) is 3. The van der Waals surface area contributed by atoms with Crippen molar-refractivity contribution in [1.82, 2.24) is 20.9 Å². The molecule has 1 saturated heterocycles. The molecule has 0 spiro atoms. The number of urea groups is 1. The molecule has 11 heteroatoms. The van der Waals surface area contributed by atoms with Crippen LogP contribution in [-0.4, -0.2) is 90.5 Å². The van der Waals surface area contributed by atoms with Gasteiger partial charge in [-0.25, -0.2) is 4.79 Å². The minimum Gasteiger partial charge on any atom is -0.378 e. The zero-order valence-electron chi connectivity index (χ0n) is 23.8. The van der Waals surface area contributed by atoms with Crippen LogP contribution in [0.1, 0.15) is 86.0 Å². The molecule has 38 heavy (non-hydrogen) atoms. The Kier molecular flexibility index (Phi) is 12.0. The first-order valence-electron chi connectivity index (χ1n) is 13.9. The van der Waals surface area contributed by atoms with Crippen LogP contribution in [0.25, 0.3) is 0 Å². The van der Waals surface area contributed by atoms with Crippen molar-refractivity contribution in [3.05, 3.63) is 0 Å². The summed E-state index contributed by atoms with van der Waals surface area (Å²) in [5.41, 5.74) is -1.33. The van der Waals surface area contributed by atoms with Crippen molar-refractivity contribution in [2.45, 2.75) is 103 Å². The molecule has 2 fully saturated rings. The molecule has 1 aliphatic heterocycles. The van der Waals surface area contributed by atoms with Crippen molar-refractivity contribution in [3.63, 3.8) is 0 Å². The van der Waals surface area contributed by atoms with E-state index in [4.69, 9.17) is 9.47 Å². The zero-order chi connectivity index (χ0) is 28.4. The van der Waals surface area contributed by atoms with E-state index in [1.807, 2.05) is 27.7 Å². The Balaban J connectivity index is 2.07. The lowest BCUT2D eigenvalue weighted by atomic mass is 9.80. The molecule has 0 aromatic heterocycles. The number of Topliss-reactive ketones (excluding diaryl/α,β-unsaturated/α-hetero) is 1. The SMILES string of the molecule is CCCC[C@H](NC(=O)C1(NC(=O)N2CCOCC2)CCCCC1)C(=O)C(=O)NCC(C)(O)OCC(C)(C)C. The maximum absolute atomic E-state index is 13.6. The molecule has 1 unspecified atom stereocenters. The normalized spacial score (nSPS) is 20.1. The fourth-order valence-electron chi connectivity index (χ4n) is 4.50. The number of rotatable bonds is 12. The number of nitrogens with zero attached hydrogens (tertiary/aromatic N) is 1. The molecule has 4 N–H and O–H groups in total. The third-order valence-electron chi connectivity index (χ3n) is 6.87. The van der Waals surface area contributed by atoms with E-state index in [1.54, 1.807) is 4.90 Å². The highest BCUT2D eigenvalue weighted by molar-refractivity contribution is 6.38. The third kappa shape index (κ3) is 10.1. The Morgan fingerprint density at radius 1 is 1.05 bits per heavy atom. The molecule has 218 valence electrons. The quantitative estimate of drug-likeness (QED) is 0.218. The molecule has 2 atom stereocenters. The van der Waals surface area contributed by atoms with Gasteiger partial charge in [0.2, 0.25) is 11.7 Å². The minimum absolute atomic E-state index is 0.189. The second-order valence-corrected chi connectivity index (χ2v) is 11.9. The molecule has 0 bridgehead atoms. The topological polar surface area (TPSA) is 146 Å². The lowest BCUT2D eigenvalue weighted by molar-refractivity contribution is -0.200. The standard InChI is InChI=1S/C27H48N4O7/c1-6-7-11-20(21(32)22(33)28-18-26(5,36)38-19-25(2,3)4)29-23(34)27(12-9-8-10-13-27)30-24(35)31-14-16-37-17-15-31/h20,36H,6-19H2,1-5H3,(H,28,33)(H,29,34)(H,30,35)/t20-,26?/m0/s1. The number of carbonyl (C=O) groups excluding carboxylic acids is 4. The van der Waals surface area contributed by atoms with Crippen LogP contribution >= 0.6 is 0 Å². The lowest BCUT2D eigenvalue weighted by Crippen LogP contribution is -2.64. The molecule has 0 aromatic carbocycles. The minimum atomic E-state index is -1.65. The number of ether oxygens (including phenoxy) is 2. The summed E-state index contributed by atoms with van der Waals surface area (Å²) in [6, 6.07) is -1.36. The van der Waals surface area contributed by atoms with Gasteiger partial charge in [0.05, 0.1) is 32.4 Å². The van der Waals surface area contributed by atoms with E-state index in [0.29, 0.717) is 52.0 Å². The fraction of sp³-hybridized carbons (Fsp3) is 0.852. The summed E-state index contributed by atoms with van der Waals surface area (Å²) >= 11 is 0. The van der Waals surface area contributed by atoms with Gasteiger partial charge in [-0.2, -0.15) is 0 Å². The van der Waals surface area contributed by atoms with E-state index in [-0.39, 0.29) is 24.6 Å². The lowest BCUT2D eigenvalue weighted by Gasteiger charge is -2.39. The highest BCUT2D eigenvalue weighted by Gasteiger charge is 2.43. The monoisotopic (exact) mass is 540 g/mol. The van der Waals surface area contributed by atoms with E-state index in [1.165, 1.54) is 6.92 Å². The van der Waals surface area contributed by atoms with Crippen LogP contribution in [-0.2, 0) is 23.9 Å². The Hall–Kier alpha value is -2.24. The molecular weight excluding hydrogens is 492 g/mol. The summed E-state index contributed by atoms with van der Waals surface area (Å²) in [4.78, 5) is 54.1. The van der Waals surface area contributed by atoms with E-state index in [0.717, 1.165) is 25.7 Å². The number of amides is 4. The van der Waals surface area contributed by atoms with Crippen LogP contribution in [0.2, 0.25) is 0 Å². The van der Waals surface area contributed by atoms with E-state index in [2.05, 4.69) is 16.0 Å². The molecule has 1 aliphatic carbocycles. The van der Waals surface area contributed by atoms with Crippen LogP contribution < -0.4 is 16.0 Å². The number of morpholine rings is 1. The first-order valence-corrected chi connectivity index (χ1v) is 13.9. The molecule has 1 heterocycles. The molecule has 4 amide bonds. The van der Waals surface area contributed by atoms with Crippen molar-refractivity contribution in [1.29, 1.82) is 0 Å². The van der Waals surface area contributed by atoms with E-state index < -0.39 is 35.0 Å². The van der Waals surface area contributed by atoms with Crippen molar-refractivity contribution in [3.8, 4) is 0 Å². The number of carbonyl (C=O) groups is 4. The van der Waals surface area contributed by atoms with Crippen molar-refractivity contribution in [2.24, 2.45) is 5.41 Å². The number of hydrogen-bond acceptors (Lipinski definition) is 7. The summed E-state index contributed by atoms with van der Waals surface area (Å²) in [5.74, 6) is -3.78. The molecule has 0 aromatic rings. The summed E-state index contributed by atoms with van der Waals surface area (Å²) in [6.07, 6.45) is 5.12. The van der Waals surface area contributed by atoms with Gasteiger partial charge >= 0.3 is 6.03 Å². The van der Waals surface area contributed by atoms with Gasteiger partial charge in [-0.15, -0.1) is 0 Å². The third-order valence-corrected chi connectivity index (χ3v) is 6.87. The second kappa shape index (κ2) is 14.2. The average molecular weight is 541 g/mol. The van der Waals surface area contributed by atoms with Gasteiger partial charge in [-0.1, -0.05) is 59.8 Å². The van der Waals surface area contributed by atoms with Crippen molar-refractivity contribution >= 4 is 23.6 Å². The van der Waals surface area contributed by atoms with Crippen LogP contribution in [0.5, 0.6) is 0 Å². The summed E-state index contributed by atoms with van der Waals surface area (Å²) in [5, 5.41) is 18.7. The number of aliphatic hydroxyl groups is 1. The second-order valence-electron chi connectivity index (χ2n) is 11.9. The van der Waals surface area contributed by atoms with Gasteiger partial charge in [0.15, 0.2) is 5.79 Å². The Morgan fingerprint density at radius 3 is 2.26 bits per heavy atom. The van der Waals surface area contributed by atoms with Crippen molar-refractivity contribution < 1.29 is 33.8 Å². The number of unbranched alkanes of at least 4 members (excludes halogenated alkanes) is 1. The summed E-state index contributed by atoms with van der Waals surface area (Å²) in [7, 11) is 0. The summed E-state index contributed by atoms with van der Waals surface area (Å²) < 4.78 is 10.8. The van der Waals surface area contributed by atoms with E-state index in [9.17, 15) is 24.3 Å². The highest BCUT2D eigenvalue weighted by Crippen LogP contribution is 2.29. The van der Waals surface area contributed by atoms with Gasteiger partial charge in [0, 0.05) is 13.1 Å². The Bertz CT molecular complexity index is 813. The van der Waals surface area contributed by atoms with Crippen LogP contribution in [0, 0.1) is 5.41 Å². The zero-order valence-corrected chi connectivity index (χ0v) is 23.8. The van der Waals surface area contributed by atoms with Crippen LogP contribution in [0.4, 0.5) is 4.79 Å². The molecular formula is C27H48N4O7. The van der Waals surface area contributed by atoms with Crippen molar-refractivity contribution in [2.75, 3.05) is 39.5 Å². The molecule has 2 aliphatic rings. The number of hydrogen-bond donors (Lipinski definition) is 4. The highest BCUT2D eigenvalue weighted by atomic mass is 16.6. The maximum Gasteiger partial charge on any atom is 0.318 e. The van der Waals surface area contributed by atoms with Gasteiger partial charge in [-0.05, 0) is 31.6 Å². The van der Waals surface area contributed by atoms with Crippen LogP contribution in [0.15, 0.2) is 0 Å². The van der Waals surface area contributed by atoms with Crippen LogP contribution in [0.3, 0.4) is 0 Å². The first-order chi connectivity index (χ1) is 17.8. The maximum atomic E-state index is 13.6. The van der Waals surface area contributed by atoms with Gasteiger partial charge in [0.1, 0.15) is 5.54 Å². The van der Waals surface area contributed by atoms with E-state index >= 15 is 0 Å². The largest absolute Gasteiger partial charge is 0.378 e. The number of ketones is 1. The van der Waals surface area contributed by atoms with Gasteiger partial charge < -0.3 is 35.4 Å². The van der Waals surface area contributed by atoms with Gasteiger partial charge in [-0.3, -0.25) is 14.4 Å². The Morgan fingerprint density at radius 2 is 1.68 bits per heavy atom. The smallest absolute Gasteiger partial charge is 0.318 e. The predicted molar refractivity (Wildman–Crippen MR) is 142 cm³/mol. The predicted octanol–water partition coefficient (Wildman–Crippen LogP) is 1.86. The first kappa shape index (κ1) is 32.0. The molecule has 1 saturated carbocycles. The fourth-order valence-corrected chi connectivity index (χ4v) is 4.50. The average Bonchev–Trinajstić information content (AvgIpc) is 2.88. The Labute approximate surface area is 226 Å². The molecule has 11 nitrogen and oxygen atoms in total. The molecule has 0 radical (unpaired) electrons.